The third-order valence-corrected chi connectivity index (χ3v) is 3.70. The molecule has 1 fully saturated rings. The molecular weight excluding hydrogens is 290 g/mol. The second kappa shape index (κ2) is 6.28. The number of nitrogens with one attached hydrogen (secondary N) is 1. The Morgan fingerprint density at radius 2 is 2.24 bits per heavy atom. The Bertz CT molecular complexity index is 618. The van der Waals surface area contributed by atoms with Crippen molar-refractivity contribution in [1.82, 2.24) is 15.1 Å². The second-order valence-electron chi connectivity index (χ2n) is 5.00. The molecule has 0 unspecified atom stereocenters. The Morgan fingerprint density at radius 1 is 1.43 bits per heavy atom. The van der Waals surface area contributed by atoms with E-state index >= 15 is 0 Å². The number of ether oxygens (including phenoxy) is 1. The molecule has 2 heterocycles. The van der Waals surface area contributed by atoms with Gasteiger partial charge in [0, 0.05) is 24.4 Å². The third kappa shape index (κ3) is 3.43. The van der Waals surface area contributed by atoms with Crippen LogP contribution in [-0.2, 0) is 4.74 Å². The van der Waals surface area contributed by atoms with E-state index in [-0.39, 0.29) is 12.0 Å². The normalized spacial score (nSPS) is 17.9. The minimum absolute atomic E-state index is 0.134. The highest BCUT2D eigenvalue weighted by Crippen LogP contribution is 2.14. The van der Waals surface area contributed by atoms with Crippen LogP contribution in [0.3, 0.4) is 0 Å². The largest absolute Gasteiger partial charge is 0.376 e. The van der Waals surface area contributed by atoms with E-state index in [0.29, 0.717) is 17.1 Å². The molecule has 5 nitrogen and oxygen atoms in total. The first-order chi connectivity index (χ1) is 10.2. The van der Waals surface area contributed by atoms with Crippen LogP contribution in [0.15, 0.2) is 36.7 Å². The molecule has 1 aromatic heterocycles. The summed E-state index contributed by atoms with van der Waals surface area (Å²) in [5, 5.41) is 7.74. The van der Waals surface area contributed by atoms with E-state index in [0.717, 1.165) is 25.1 Å². The predicted octanol–water partition coefficient (Wildman–Crippen LogP) is 2.43. The van der Waals surface area contributed by atoms with Gasteiger partial charge in [-0.15, -0.1) is 0 Å². The van der Waals surface area contributed by atoms with Crippen molar-refractivity contribution < 1.29 is 9.53 Å². The van der Waals surface area contributed by atoms with E-state index in [1.54, 1.807) is 29.2 Å². The van der Waals surface area contributed by atoms with E-state index in [4.69, 9.17) is 16.3 Å². The van der Waals surface area contributed by atoms with Crippen LogP contribution in [-0.4, -0.2) is 34.9 Å². The van der Waals surface area contributed by atoms with E-state index in [2.05, 4.69) is 10.4 Å². The van der Waals surface area contributed by atoms with Crippen molar-refractivity contribution in [2.45, 2.75) is 18.9 Å². The van der Waals surface area contributed by atoms with Gasteiger partial charge in [0.1, 0.15) is 0 Å². The first-order valence-corrected chi connectivity index (χ1v) is 7.30. The third-order valence-electron chi connectivity index (χ3n) is 3.45. The summed E-state index contributed by atoms with van der Waals surface area (Å²) in [5.74, 6) is -0.134. The van der Waals surface area contributed by atoms with E-state index < -0.39 is 0 Å². The van der Waals surface area contributed by atoms with E-state index in [1.807, 2.05) is 12.1 Å². The van der Waals surface area contributed by atoms with Crippen LogP contribution in [0.4, 0.5) is 0 Å². The molecule has 0 bridgehead atoms. The lowest BCUT2D eigenvalue weighted by Crippen LogP contribution is -2.31. The topological polar surface area (TPSA) is 56.1 Å². The average molecular weight is 306 g/mol. The molecule has 0 aliphatic carbocycles. The zero-order valence-electron chi connectivity index (χ0n) is 11.5. The monoisotopic (exact) mass is 305 g/mol. The van der Waals surface area contributed by atoms with Gasteiger partial charge in [-0.05, 0) is 37.1 Å². The number of hydrogen-bond donors (Lipinski definition) is 1. The highest BCUT2D eigenvalue weighted by molar-refractivity contribution is 6.30. The molecule has 0 saturated carbocycles. The van der Waals surface area contributed by atoms with Gasteiger partial charge in [-0.2, -0.15) is 5.10 Å². The van der Waals surface area contributed by atoms with E-state index in [1.165, 1.54) is 0 Å². The summed E-state index contributed by atoms with van der Waals surface area (Å²) in [4.78, 5) is 12.1. The number of aromatic nitrogens is 2. The molecule has 1 aliphatic rings. The molecule has 1 aromatic carbocycles. The smallest absolute Gasteiger partial charge is 0.254 e. The lowest BCUT2D eigenvalue weighted by atomic mass is 10.2. The fraction of sp³-hybridized carbons (Fsp3) is 0.333. The fourth-order valence-electron chi connectivity index (χ4n) is 2.29. The van der Waals surface area contributed by atoms with Crippen molar-refractivity contribution in [3.8, 4) is 5.69 Å². The molecule has 110 valence electrons. The number of nitrogens with zero attached hydrogens (tertiary/aromatic N) is 2. The minimum atomic E-state index is -0.134. The molecule has 1 aliphatic heterocycles. The predicted molar refractivity (Wildman–Crippen MR) is 79.9 cm³/mol. The zero-order chi connectivity index (χ0) is 14.7. The Balaban J connectivity index is 1.63. The molecule has 0 radical (unpaired) electrons. The number of carbonyl (C=O) groups excluding carboxylic acids is 1. The highest BCUT2D eigenvalue weighted by atomic mass is 35.5. The van der Waals surface area contributed by atoms with Gasteiger partial charge in [-0.25, -0.2) is 4.68 Å². The van der Waals surface area contributed by atoms with Crippen LogP contribution in [0.25, 0.3) is 5.69 Å². The van der Waals surface area contributed by atoms with Crippen LogP contribution in [0.2, 0.25) is 5.02 Å². The maximum atomic E-state index is 12.1. The van der Waals surface area contributed by atoms with Gasteiger partial charge in [-0.3, -0.25) is 4.79 Å². The summed E-state index contributed by atoms with van der Waals surface area (Å²) in [7, 11) is 0. The number of halogens is 1. The summed E-state index contributed by atoms with van der Waals surface area (Å²) in [6, 6.07) is 7.28. The number of benzene rings is 1. The van der Waals surface area contributed by atoms with Crippen LogP contribution < -0.4 is 5.32 Å². The quantitative estimate of drug-likeness (QED) is 0.944. The molecule has 3 rings (SSSR count). The lowest BCUT2D eigenvalue weighted by molar-refractivity contribution is 0.0858. The van der Waals surface area contributed by atoms with Gasteiger partial charge < -0.3 is 10.1 Å². The SMILES string of the molecule is O=C(NC[C@H]1CCCO1)c1cnn(-c2ccc(Cl)cc2)c1. The van der Waals surface area contributed by atoms with Crippen LogP contribution in [0, 0.1) is 0 Å². The number of carbonyl (C=O) groups is 1. The van der Waals surface area contributed by atoms with Gasteiger partial charge in [0.2, 0.25) is 0 Å². The van der Waals surface area contributed by atoms with Crippen molar-refractivity contribution in [2.24, 2.45) is 0 Å². The van der Waals surface area contributed by atoms with Gasteiger partial charge >= 0.3 is 0 Å². The second-order valence-corrected chi connectivity index (χ2v) is 5.43. The maximum Gasteiger partial charge on any atom is 0.254 e. The molecule has 2 aromatic rings. The molecule has 6 heteroatoms. The molecule has 1 atom stereocenters. The van der Waals surface area contributed by atoms with Gasteiger partial charge in [0.15, 0.2) is 0 Å². The number of amides is 1. The van der Waals surface area contributed by atoms with Gasteiger partial charge in [-0.1, -0.05) is 11.6 Å². The van der Waals surface area contributed by atoms with Crippen molar-refractivity contribution in [3.63, 3.8) is 0 Å². The summed E-state index contributed by atoms with van der Waals surface area (Å²) in [6.07, 6.45) is 5.47. The summed E-state index contributed by atoms with van der Waals surface area (Å²) in [5.41, 5.74) is 1.39. The minimum Gasteiger partial charge on any atom is -0.376 e. The molecule has 1 N–H and O–H groups in total. The van der Waals surface area contributed by atoms with Crippen LogP contribution >= 0.6 is 11.6 Å². The molecule has 1 amide bonds. The first-order valence-electron chi connectivity index (χ1n) is 6.93. The van der Waals surface area contributed by atoms with Crippen LogP contribution in [0.1, 0.15) is 23.2 Å². The Kier molecular flexibility index (Phi) is 4.22. The van der Waals surface area contributed by atoms with Crippen molar-refractivity contribution >= 4 is 17.5 Å². The average Bonchev–Trinajstić information content (AvgIpc) is 3.17. The Hall–Kier alpha value is -1.85. The Labute approximate surface area is 127 Å². The number of rotatable bonds is 4. The molecule has 21 heavy (non-hydrogen) atoms. The highest BCUT2D eigenvalue weighted by Gasteiger charge is 2.17. The zero-order valence-corrected chi connectivity index (χ0v) is 12.2. The fourth-order valence-corrected chi connectivity index (χ4v) is 2.42. The van der Waals surface area contributed by atoms with E-state index in [9.17, 15) is 4.79 Å². The molecule has 1 saturated heterocycles. The Morgan fingerprint density at radius 3 is 2.95 bits per heavy atom. The standard InChI is InChI=1S/C15H16ClN3O2/c16-12-3-5-13(6-4-12)19-10-11(8-18-19)15(20)17-9-14-2-1-7-21-14/h3-6,8,10,14H,1-2,7,9H2,(H,17,20)/t14-/m1/s1. The molecule has 0 spiro atoms. The van der Waals surface area contributed by atoms with Crippen molar-refractivity contribution in [3.05, 3.63) is 47.2 Å². The summed E-state index contributed by atoms with van der Waals surface area (Å²) < 4.78 is 7.13. The van der Waals surface area contributed by atoms with Crippen LogP contribution in [0.5, 0.6) is 0 Å². The summed E-state index contributed by atoms with van der Waals surface area (Å²) in [6.45, 7) is 1.33. The lowest BCUT2D eigenvalue weighted by Gasteiger charge is -2.09. The van der Waals surface area contributed by atoms with Gasteiger partial charge in [0.25, 0.3) is 5.91 Å². The van der Waals surface area contributed by atoms with Gasteiger partial charge in [0.05, 0.1) is 23.6 Å². The van der Waals surface area contributed by atoms with Crippen molar-refractivity contribution in [2.75, 3.05) is 13.2 Å². The molecular formula is C15H16ClN3O2. The van der Waals surface area contributed by atoms with Crippen molar-refractivity contribution in [1.29, 1.82) is 0 Å². The first kappa shape index (κ1) is 14.1. The maximum absolute atomic E-state index is 12.1. The number of hydrogen-bond acceptors (Lipinski definition) is 3. The summed E-state index contributed by atoms with van der Waals surface area (Å²) >= 11 is 5.85.